The van der Waals surface area contributed by atoms with Gasteiger partial charge >= 0.3 is 5.97 Å². The highest BCUT2D eigenvalue weighted by Crippen LogP contribution is 2.28. The number of carbonyl (C=O) groups excluding carboxylic acids is 1. The van der Waals surface area contributed by atoms with E-state index in [1.54, 1.807) is 0 Å². The van der Waals surface area contributed by atoms with Crippen molar-refractivity contribution >= 4 is 5.97 Å². The molecule has 0 saturated heterocycles. The SMILES string of the molecule is CCOC(=O)C1CCC(C)[C@H](N)C1. The molecule has 0 radical (unpaired) electrons. The number of ether oxygens (including phenoxy) is 1. The van der Waals surface area contributed by atoms with Crippen LogP contribution in [0.25, 0.3) is 0 Å². The summed E-state index contributed by atoms with van der Waals surface area (Å²) >= 11 is 0. The zero-order valence-corrected chi connectivity index (χ0v) is 8.45. The first-order valence-corrected chi connectivity index (χ1v) is 5.07. The summed E-state index contributed by atoms with van der Waals surface area (Å²) in [6, 6.07) is 0.170. The van der Waals surface area contributed by atoms with Gasteiger partial charge in [-0.3, -0.25) is 4.79 Å². The number of hydrogen-bond donors (Lipinski definition) is 1. The van der Waals surface area contributed by atoms with Crippen molar-refractivity contribution in [3.05, 3.63) is 0 Å². The highest BCUT2D eigenvalue weighted by Gasteiger charge is 2.30. The maximum Gasteiger partial charge on any atom is 0.308 e. The summed E-state index contributed by atoms with van der Waals surface area (Å²) in [4.78, 5) is 11.4. The molecule has 2 unspecified atom stereocenters. The van der Waals surface area contributed by atoms with E-state index in [9.17, 15) is 4.79 Å². The lowest BCUT2D eigenvalue weighted by atomic mass is 9.80. The predicted octanol–water partition coefficient (Wildman–Crippen LogP) is 1.31. The normalized spacial score (nSPS) is 34.2. The maximum absolute atomic E-state index is 11.4. The largest absolute Gasteiger partial charge is 0.466 e. The first-order valence-electron chi connectivity index (χ1n) is 5.07. The summed E-state index contributed by atoms with van der Waals surface area (Å²) in [7, 11) is 0. The molecule has 0 aliphatic heterocycles. The van der Waals surface area contributed by atoms with Gasteiger partial charge in [-0.1, -0.05) is 6.92 Å². The second-order valence-electron chi connectivity index (χ2n) is 3.90. The van der Waals surface area contributed by atoms with E-state index < -0.39 is 0 Å². The zero-order valence-electron chi connectivity index (χ0n) is 8.45. The topological polar surface area (TPSA) is 52.3 Å². The minimum absolute atomic E-state index is 0.0474. The van der Waals surface area contributed by atoms with Crippen molar-refractivity contribution in [2.24, 2.45) is 17.6 Å². The number of nitrogens with two attached hydrogens (primary N) is 1. The Morgan fingerprint density at radius 1 is 1.54 bits per heavy atom. The van der Waals surface area contributed by atoms with Crippen LogP contribution in [-0.4, -0.2) is 18.6 Å². The molecule has 0 heterocycles. The Bertz CT molecular complexity index is 182. The van der Waals surface area contributed by atoms with Crippen LogP contribution in [-0.2, 0) is 9.53 Å². The monoisotopic (exact) mass is 185 g/mol. The van der Waals surface area contributed by atoms with Gasteiger partial charge in [-0.2, -0.15) is 0 Å². The standard InChI is InChI=1S/C10H19NO2/c1-3-13-10(12)8-5-4-7(2)9(11)6-8/h7-9H,3-6,11H2,1-2H3/t7?,8?,9-/m1/s1. The van der Waals surface area contributed by atoms with Crippen LogP contribution in [0.5, 0.6) is 0 Å². The van der Waals surface area contributed by atoms with Crippen molar-refractivity contribution in [1.29, 1.82) is 0 Å². The Balaban J connectivity index is 2.40. The predicted molar refractivity (Wildman–Crippen MR) is 51.1 cm³/mol. The molecular weight excluding hydrogens is 166 g/mol. The second-order valence-corrected chi connectivity index (χ2v) is 3.90. The summed E-state index contributed by atoms with van der Waals surface area (Å²) in [5.74, 6) is 0.529. The van der Waals surface area contributed by atoms with Gasteiger partial charge < -0.3 is 10.5 Å². The Morgan fingerprint density at radius 3 is 2.77 bits per heavy atom. The lowest BCUT2D eigenvalue weighted by Gasteiger charge is -2.30. The molecule has 2 N–H and O–H groups in total. The van der Waals surface area contributed by atoms with Gasteiger partial charge in [0.2, 0.25) is 0 Å². The molecular formula is C10H19NO2. The molecule has 1 aliphatic rings. The van der Waals surface area contributed by atoms with Gasteiger partial charge in [-0.15, -0.1) is 0 Å². The molecule has 76 valence electrons. The van der Waals surface area contributed by atoms with Gasteiger partial charge in [-0.05, 0) is 32.1 Å². The van der Waals surface area contributed by atoms with Crippen molar-refractivity contribution in [2.75, 3.05) is 6.61 Å². The molecule has 0 aromatic carbocycles. The summed E-state index contributed by atoms with van der Waals surface area (Å²) in [6.45, 7) is 4.45. The van der Waals surface area contributed by atoms with Crippen LogP contribution in [0.15, 0.2) is 0 Å². The highest BCUT2D eigenvalue weighted by molar-refractivity contribution is 5.72. The Morgan fingerprint density at radius 2 is 2.23 bits per heavy atom. The third kappa shape index (κ3) is 2.69. The van der Waals surface area contributed by atoms with E-state index in [0.29, 0.717) is 12.5 Å². The number of esters is 1. The molecule has 1 rings (SSSR count). The fourth-order valence-corrected chi connectivity index (χ4v) is 1.83. The highest BCUT2D eigenvalue weighted by atomic mass is 16.5. The van der Waals surface area contributed by atoms with E-state index >= 15 is 0 Å². The average molecular weight is 185 g/mol. The molecule has 1 aliphatic carbocycles. The van der Waals surface area contributed by atoms with Crippen molar-refractivity contribution in [2.45, 2.75) is 39.2 Å². The van der Waals surface area contributed by atoms with Crippen LogP contribution >= 0.6 is 0 Å². The molecule has 3 heteroatoms. The van der Waals surface area contributed by atoms with Gasteiger partial charge in [-0.25, -0.2) is 0 Å². The van der Waals surface area contributed by atoms with Gasteiger partial charge in [0.15, 0.2) is 0 Å². The summed E-state index contributed by atoms with van der Waals surface area (Å²) < 4.78 is 4.97. The van der Waals surface area contributed by atoms with E-state index in [1.165, 1.54) is 0 Å². The fourth-order valence-electron chi connectivity index (χ4n) is 1.83. The van der Waals surface area contributed by atoms with Crippen LogP contribution in [0.3, 0.4) is 0 Å². The third-order valence-corrected chi connectivity index (χ3v) is 2.88. The average Bonchev–Trinajstić information content (AvgIpc) is 2.10. The van der Waals surface area contributed by atoms with E-state index in [0.717, 1.165) is 19.3 Å². The number of rotatable bonds is 2. The van der Waals surface area contributed by atoms with Crippen molar-refractivity contribution in [3.63, 3.8) is 0 Å². The van der Waals surface area contributed by atoms with Crippen LogP contribution in [0.4, 0.5) is 0 Å². The number of carbonyl (C=O) groups is 1. The molecule has 1 fully saturated rings. The Kier molecular flexibility index (Phi) is 3.72. The molecule has 0 amide bonds. The van der Waals surface area contributed by atoms with Crippen LogP contribution < -0.4 is 5.73 Å². The van der Waals surface area contributed by atoms with E-state index in [1.807, 2.05) is 6.92 Å². The van der Waals surface area contributed by atoms with Crippen LogP contribution in [0, 0.1) is 11.8 Å². The van der Waals surface area contributed by atoms with Crippen molar-refractivity contribution in [1.82, 2.24) is 0 Å². The molecule has 3 atom stereocenters. The molecule has 0 bridgehead atoms. The van der Waals surface area contributed by atoms with E-state index in [4.69, 9.17) is 10.5 Å². The first kappa shape index (κ1) is 10.5. The fraction of sp³-hybridized carbons (Fsp3) is 0.900. The summed E-state index contributed by atoms with van der Waals surface area (Å²) in [5, 5.41) is 0. The smallest absolute Gasteiger partial charge is 0.308 e. The van der Waals surface area contributed by atoms with E-state index in [-0.39, 0.29) is 17.9 Å². The molecule has 0 aromatic rings. The van der Waals surface area contributed by atoms with Crippen molar-refractivity contribution < 1.29 is 9.53 Å². The van der Waals surface area contributed by atoms with Gasteiger partial charge in [0, 0.05) is 6.04 Å². The van der Waals surface area contributed by atoms with Gasteiger partial charge in [0.05, 0.1) is 12.5 Å². The molecule has 0 spiro atoms. The maximum atomic E-state index is 11.4. The second kappa shape index (κ2) is 4.61. The van der Waals surface area contributed by atoms with Crippen LogP contribution in [0.1, 0.15) is 33.1 Å². The molecule has 13 heavy (non-hydrogen) atoms. The summed E-state index contributed by atoms with van der Waals surface area (Å²) in [5.41, 5.74) is 5.89. The third-order valence-electron chi connectivity index (χ3n) is 2.88. The molecule has 0 aromatic heterocycles. The van der Waals surface area contributed by atoms with E-state index in [2.05, 4.69) is 6.92 Å². The Hall–Kier alpha value is -0.570. The quantitative estimate of drug-likeness (QED) is 0.660. The molecule has 3 nitrogen and oxygen atoms in total. The number of hydrogen-bond acceptors (Lipinski definition) is 3. The summed E-state index contributed by atoms with van der Waals surface area (Å²) in [6.07, 6.45) is 2.78. The van der Waals surface area contributed by atoms with Gasteiger partial charge in [0.25, 0.3) is 0 Å². The lowest BCUT2D eigenvalue weighted by Crippen LogP contribution is -2.38. The first-order chi connectivity index (χ1) is 6.15. The minimum Gasteiger partial charge on any atom is -0.466 e. The van der Waals surface area contributed by atoms with Crippen molar-refractivity contribution in [3.8, 4) is 0 Å². The van der Waals surface area contributed by atoms with Gasteiger partial charge in [0.1, 0.15) is 0 Å². The molecule has 1 saturated carbocycles. The Labute approximate surface area is 79.6 Å². The zero-order chi connectivity index (χ0) is 9.84. The lowest BCUT2D eigenvalue weighted by molar-refractivity contribution is -0.149. The van der Waals surface area contributed by atoms with Crippen LogP contribution in [0.2, 0.25) is 0 Å². The minimum atomic E-state index is -0.0650.